The molecule has 1 aliphatic rings. The van der Waals surface area contributed by atoms with Crippen LogP contribution in [-0.2, 0) is 18.3 Å². The van der Waals surface area contributed by atoms with Crippen LogP contribution >= 0.6 is 0 Å². The van der Waals surface area contributed by atoms with E-state index in [9.17, 15) is 0 Å². The lowest BCUT2D eigenvalue weighted by Gasteiger charge is -2.20. The lowest BCUT2D eigenvalue weighted by molar-refractivity contribution is 0.378. The van der Waals surface area contributed by atoms with Crippen molar-refractivity contribution >= 4 is 16.3 Å². The van der Waals surface area contributed by atoms with Crippen LogP contribution in [0.4, 0.5) is 0 Å². The molecule has 0 atom stereocenters. The number of allylic oxidation sites excluding steroid dienone is 2. The third-order valence-corrected chi connectivity index (χ3v) is 7.06. The largest absolute Gasteiger partial charge is 0.405 e. The van der Waals surface area contributed by atoms with Crippen molar-refractivity contribution < 1.29 is 0 Å². The fraction of sp³-hybridized carbons (Fsp3) is 0.385. The van der Waals surface area contributed by atoms with Crippen LogP contribution in [0.2, 0.25) is 0 Å². The number of fused-ring (bicyclic) bond motifs is 1. The van der Waals surface area contributed by atoms with Crippen molar-refractivity contribution in [3.63, 3.8) is 0 Å². The highest BCUT2D eigenvalue weighted by Gasteiger charge is 2.40. The minimum absolute atomic E-state index is 0.412. The van der Waals surface area contributed by atoms with Crippen molar-refractivity contribution in [3.8, 4) is 12.3 Å². The van der Waals surface area contributed by atoms with Gasteiger partial charge in [-0.25, -0.2) is 0 Å². The molecule has 1 aliphatic carbocycles. The van der Waals surface area contributed by atoms with Crippen molar-refractivity contribution in [2.75, 3.05) is 6.54 Å². The third kappa shape index (κ3) is 12.1. The molecule has 0 spiro atoms. The van der Waals surface area contributed by atoms with E-state index in [0.717, 1.165) is 17.7 Å². The van der Waals surface area contributed by atoms with Crippen molar-refractivity contribution in [2.24, 2.45) is 11.1 Å². The van der Waals surface area contributed by atoms with Gasteiger partial charge in [0.25, 0.3) is 0 Å². The van der Waals surface area contributed by atoms with Gasteiger partial charge in [-0.2, -0.15) is 0 Å². The Morgan fingerprint density at radius 3 is 2.20 bits per heavy atom. The molecule has 220 valence electrons. The second-order valence-electron chi connectivity index (χ2n) is 12.0. The molecule has 1 saturated carbocycles. The van der Waals surface area contributed by atoms with Crippen molar-refractivity contribution in [3.05, 3.63) is 115 Å². The molecular formula is C39H54N2. The lowest BCUT2D eigenvalue weighted by Crippen LogP contribution is -2.14. The lowest BCUT2D eigenvalue weighted by atomic mass is 9.85. The molecule has 0 unspecified atom stereocenters. The van der Waals surface area contributed by atoms with E-state index >= 15 is 0 Å². The molecule has 0 saturated heterocycles. The molecule has 3 aromatic carbocycles. The Balaban J connectivity index is 0.000000362. The molecule has 0 bridgehead atoms. The topological polar surface area (TPSA) is 38.0 Å². The summed E-state index contributed by atoms with van der Waals surface area (Å²) in [4.78, 5) is 0. The van der Waals surface area contributed by atoms with Gasteiger partial charge in [0.2, 0.25) is 0 Å². The minimum Gasteiger partial charge on any atom is -0.405 e. The number of hydrogen-bond acceptors (Lipinski definition) is 2. The Hall–Kier alpha value is -3.70. The summed E-state index contributed by atoms with van der Waals surface area (Å²) in [5.41, 5.74) is 13.0. The third-order valence-electron chi connectivity index (χ3n) is 7.06. The van der Waals surface area contributed by atoms with Crippen molar-refractivity contribution in [1.82, 2.24) is 5.32 Å². The number of hydrogen-bond donors (Lipinski definition) is 2. The van der Waals surface area contributed by atoms with Crippen LogP contribution in [0.25, 0.3) is 16.3 Å². The van der Waals surface area contributed by atoms with Gasteiger partial charge in [0.15, 0.2) is 0 Å². The van der Waals surface area contributed by atoms with Gasteiger partial charge in [0, 0.05) is 12.1 Å². The summed E-state index contributed by atoms with van der Waals surface area (Å²) in [6.07, 6.45) is 12.4. The van der Waals surface area contributed by atoms with Crippen LogP contribution in [0.3, 0.4) is 0 Å². The van der Waals surface area contributed by atoms with Crippen LogP contribution in [0.5, 0.6) is 0 Å². The average Bonchev–Trinajstić information content (AvgIpc) is 3.70. The van der Waals surface area contributed by atoms with Gasteiger partial charge in [-0.15, -0.1) is 6.42 Å². The van der Waals surface area contributed by atoms with E-state index in [4.69, 9.17) is 6.42 Å². The van der Waals surface area contributed by atoms with Crippen LogP contribution in [0.15, 0.2) is 92.3 Å². The van der Waals surface area contributed by atoms with Gasteiger partial charge in [0.05, 0.1) is 6.54 Å². The summed E-state index contributed by atoms with van der Waals surface area (Å²) in [6.45, 7) is 27.0. The predicted molar refractivity (Wildman–Crippen MR) is 185 cm³/mol. The van der Waals surface area contributed by atoms with Gasteiger partial charge in [-0.1, -0.05) is 133 Å². The molecule has 2 nitrogen and oxygen atoms in total. The van der Waals surface area contributed by atoms with Crippen molar-refractivity contribution in [2.45, 2.75) is 86.0 Å². The number of aryl methyl sites for hydroxylation is 1. The van der Waals surface area contributed by atoms with Crippen LogP contribution in [0.1, 0.15) is 90.0 Å². The first kappa shape index (κ1) is 35.3. The monoisotopic (exact) mass is 550 g/mol. The second-order valence-corrected chi connectivity index (χ2v) is 12.0. The van der Waals surface area contributed by atoms with Crippen molar-refractivity contribution in [1.29, 1.82) is 0 Å². The Kier molecular flexibility index (Phi) is 14.8. The summed E-state index contributed by atoms with van der Waals surface area (Å²) in [6, 6.07) is 22.0. The molecule has 0 aromatic heterocycles. The van der Waals surface area contributed by atoms with Crippen LogP contribution in [0, 0.1) is 17.8 Å². The average molecular weight is 551 g/mol. The molecule has 3 aromatic rings. The van der Waals surface area contributed by atoms with Crippen LogP contribution < -0.4 is 11.1 Å². The predicted octanol–water partition coefficient (Wildman–Crippen LogP) is 9.98. The molecule has 3 N–H and O–H groups in total. The van der Waals surface area contributed by atoms with Gasteiger partial charge in [-0.05, 0) is 82.7 Å². The highest BCUT2D eigenvalue weighted by Crippen LogP contribution is 2.50. The van der Waals surface area contributed by atoms with E-state index in [2.05, 4.69) is 113 Å². The summed E-state index contributed by atoms with van der Waals surface area (Å²) in [5.74, 6) is 2.53. The maximum atomic E-state index is 5.18. The normalized spacial score (nSPS) is 12.5. The highest BCUT2D eigenvalue weighted by molar-refractivity contribution is 5.88. The smallest absolute Gasteiger partial charge is 0.0760 e. The number of rotatable bonds is 8. The Labute approximate surface area is 251 Å². The van der Waals surface area contributed by atoms with E-state index in [1.165, 1.54) is 59.3 Å². The summed E-state index contributed by atoms with van der Waals surface area (Å²) in [5, 5.41) is 5.97. The highest BCUT2D eigenvalue weighted by atomic mass is 14.9. The standard InChI is InChI=1S/C20H26.C15H17N.C2H5N.C2H6/c1-19(2,3)10-9-15-13-16-7-5-6-8-17(16)18(14-15)20(4)11-12-20;1-5-10-16-13(4)11-14-8-6-7-9-15(14)12(2)3;1-2-3;1-2/h5-8,13-14H,9-12H2,1-4H3;1,6-9,16H,2,4,10-11H2,3H3;2H,1,3H2;1-2H3. The van der Waals surface area contributed by atoms with Gasteiger partial charge in [0.1, 0.15) is 0 Å². The van der Waals surface area contributed by atoms with E-state index in [-0.39, 0.29) is 0 Å². The molecule has 1 fully saturated rings. The van der Waals surface area contributed by atoms with Gasteiger partial charge < -0.3 is 11.1 Å². The Morgan fingerprint density at radius 1 is 1.05 bits per heavy atom. The number of terminal acetylenes is 1. The SMILES string of the molecule is C#CCNC(=C)Cc1ccccc1C(=C)C.C=CN.CC.CC(C)(C)CCc1cc(C2(C)CC2)c2ccccc2c1. The second kappa shape index (κ2) is 17.2. The first-order valence-electron chi connectivity index (χ1n) is 14.9. The quantitative estimate of drug-likeness (QED) is 0.274. The summed E-state index contributed by atoms with van der Waals surface area (Å²) < 4.78 is 0. The van der Waals surface area contributed by atoms with E-state index in [1.807, 2.05) is 32.9 Å². The van der Waals surface area contributed by atoms with Gasteiger partial charge in [-0.3, -0.25) is 0 Å². The fourth-order valence-electron chi connectivity index (χ4n) is 4.55. The fourth-order valence-corrected chi connectivity index (χ4v) is 4.55. The first-order chi connectivity index (χ1) is 19.4. The minimum atomic E-state index is 0.412. The maximum Gasteiger partial charge on any atom is 0.0760 e. The van der Waals surface area contributed by atoms with E-state index in [0.29, 0.717) is 17.4 Å². The molecule has 0 aliphatic heterocycles. The van der Waals surface area contributed by atoms with E-state index < -0.39 is 0 Å². The maximum absolute atomic E-state index is 5.18. The number of nitrogens with one attached hydrogen (secondary N) is 1. The molecule has 0 amide bonds. The Bertz CT molecular complexity index is 1310. The molecule has 0 heterocycles. The molecule has 2 heteroatoms. The van der Waals surface area contributed by atoms with Crippen LogP contribution in [-0.4, -0.2) is 6.54 Å². The number of nitrogens with two attached hydrogens (primary N) is 1. The molecular weight excluding hydrogens is 496 g/mol. The van der Waals surface area contributed by atoms with E-state index in [1.54, 1.807) is 5.56 Å². The number of benzene rings is 3. The zero-order valence-corrected chi connectivity index (χ0v) is 26.9. The molecule has 4 rings (SSSR count). The molecule has 41 heavy (non-hydrogen) atoms. The zero-order chi connectivity index (χ0) is 31.1. The first-order valence-corrected chi connectivity index (χ1v) is 14.9. The van der Waals surface area contributed by atoms with Gasteiger partial charge >= 0.3 is 0 Å². The Morgan fingerprint density at radius 2 is 1.63 bits per heavy atom. The summed E-state index contributed by atoms with van der Waals surface area (Å²) >= 11 is 0. The summed E-state index contributed by atoms with van der Waals surface area (Å²) in [7, 11) is 0. The zero-order valence-electron chi connectivity index (χ0n) is 26.9. The molecule has 0 radical (unpaired) electrons.